The van der Waals surface area contributed by atoms with Crippen molar-refractivity contribution in [3.63, 3.8) is 0 Å². The molecule has 0 aromatic heterocycles. The zero-order valence-electron chi connectivity index (χ0n) is 11.3. The molecule has 1 saturated heterocycles. The first-order valence-electron chi connectivity index (χ1n) is 6.42. The quantitative estimate of drug-likeness (QED) is 0.890. The molecule has 2 rings (SSSR count). The number of rotatable bonds is 3. The molecule has 0 bridgehead atoms. The van der Waals surface area contributed by atoms with E-state index in [-0.39, 0.29) is 12.1 Å². The number of morpholine rings is 1. The summed E-state index contributed by atoms with van der Waals surface area (Å²) in [7, 11) is 1.69. The van der Waals surface area contributed by atoms with Crippen LogP contribution in [0.15, 0.2) is 18.2 Å². The van der Waals surface area contributed by atoms with Gasteiger partial charge in [0.15, 0.2) is 0 Å². The van der Waals surface area contributed by atoms with Gasteiger partial charge in [-0.2, -0.15) is 0 Å². The Kier molecular flexibility index (Phi) is 4.09. The minimum Gasteiger partial charge on any atom is -0.496 e. The van der Waals surface area contributed by atoms with E-state index < -0.39 is 0 Å². The van der Waals surface area contributed by atoms with E-state index in [1.54, 1.807) is 7.11 Å². The molecule has 1 aliphatic heterocycles. The molecule has 1 aromatic carbocycles. The number of hydrogen-bond donors (Lipinski definition) is 1. The van der Waals surface area contributed by atoms with Crippen LogP contribution >= 0.6 is 0 Å². The van der Waals surface area contributed by atoms with Crippen molar-refractivity contribution in [2.24, 2.45) is 5.73 Å². The van der Waals surface area contributed by atoms with Crippen molar-refractivity contribution in [1.82, 2.24) is 0 Å². The van der Waals surface area contributed by atoms with Crippen LogP contribution in [0.2, 0.25) is 0 Å². The normalized spacial score (nSPS) is 21.8. The topological polar surface area (TPSA) is 47.7 Å². The number of methoxy groups -OCH3 is 1. The molecule has 0 spiro atoms. The summed E-state index contributed by atoms with van der Waals surface area (Å²) in [6, 6.07) is 6.04. The lowest BCUT2D eigenvalue weighted by Crippen LogP contribution is -2.41. The Morgan fingerprint density at radius 1 is 1.50 bits per heavy atom. The van der Waals surface area contributed by atoms with Gasteiger partial charge in [-0.1, -0.05) is 6.07 Å². The highest BCUT2D eigenvalue weighted by Crippen LogP contribution is 2.34. The standard InChI is InChI=1S/C14H22N2O2/c1-10-9-16(7-8-18-10)12-5-4-6-13(17-3)14(12)11(2)15/h4-6,10-11H,7-9,15H2,1-3H3/t10?,11-/m1/s1. The monoisotopic (exact) mass is 250 g/mol. The van der Waals surface area contributed by atoms with Crippen LogP contribution in [-0.2, 0) is 4.74 Å². The first kappa shape index (κ1) is 13.2. The lowest BCUT2D eigenvalue weighted by atomic mass is 10.0. The molecule has 4 heteroatoms. The minimum atomic E-state index is -0.0469. The first-order chi connectivity index (χ1) is 8.63. The summed E-state index contributed by atoms with van der Waals surface area (Å²) >= 11 is 0. The van der Waals surface area contributed by atoms with E-state index in [1.807, 2.05) is 19.1 Å². The number of nitrogens with zero attached hydrogens (tertiary/aromatic N) is 1. The van der Waals surface area contributed by atoms with Crippen molar-refractivity contribution in [3.8, 4) is 5.75 Å². The second kappa shape index (κ2) is 5.59. The van der Waals surface area contributed by atoms with E-state index in [4.69, 9.17) is 15.2 Å². The number of ether oxygens (including phenoxy) is 2. The molecule has 18 heavy (non-hydrogen) atoms. The van der Waals surface area contributed by atoms with Gasteiger partial charge >= 0.3 is 0 Å². The maximum absolute atomic E-state index is 6.09. The molecular weight excluding hydrogens is 228 g/mol. The van der Waals surface area contributed by atoms with Crippen molar-refractivity contribution in [2.45, 2.75) is 26.0 Å². The van der Waals surface area contributed by atoms with Gasteiger partial charge < -0.3 is 20.1 Å². The van der Waals surface area contributed by atoms with Gasteiger partial charge in [0.25, 0.3) is 0 Å². The second-order valence-electron chi connectivity index (χ2n) is 4.81. The number of anilines is 1. The fraction of sp³-hybridized carbons (Fsp3) is 0.571. The molecule has 0 radical (unpaired) electrons. The average molecular weight is 250 g/mol. The Balaban J connectivity index is 2.36. The highest BCUT2D eigenvalue weighted by molar-refractivity contribution is 5.61. The molecule has 0 amide bonds. The van der Waals surface area contributed by atoms with E-state index in [1.165, 1.54) is 5.69 Å². The van der Waals surface area contributed by atoms with Gasteiger partial charge in [-0.15, -0.1) is 0 Å². The van der Waals surface area contributed by atoms with Gasteiger partial charge in [0.1, 0.15) is 5.75 Å². The van der Waals surface area contributed by atoms with Crippen LogP contribution < -0.4 is 15.4 Å². The fourth-order valence-corrected chi connectivity index (χ4v) is 2.48. The van der Waals surface area contributed by atoms with Crippen LogP contribution in [-0.4, -0.2) is 32.9 Å². The van der Waals surface area contributed by atoms with Crippen LogP contribution in [0.25, 0.3) is 0 Å². The summed E-state index contributed by atoms with van der Waals surface area (Å²) in [5.41, 5.74) is 8.34. The van der Waals surface area contributed by atoms with E-state index >= 15 is 0 Å². The van der Waals surface area contributed by atoms with Crippen molar-refractivity contribution in [3.05, 3.63) is 23.8 Å². The van der Waals surface area contributed by atoms with Gasteiger partial charge in [0.05, 0.1) is 19.8 Å². The Morgan fingerprint density at radius 3 is 2.89 bits per heavy atom. The van der Waals surface area contributed by atoms with Crippen LogP contribution in [0.5, 0.6) is 5.75 Å². The molecule has 1 heterocycles. The molecule has 2 N–H and O–H groups in total. The smallest absolute Gasteiger partial charge is 0.125 e. The first-order valence-corrected chi connectivity index (χ1v) is 6.42. The van der Waals surface area contributed by atoms with Gasteiger partial charge in [0, 0.05) is 30.4 Å². The third-order valence-electron chi connectivity index (χ3n) is 3.30. The van der Waals surface area contributed by atoms with Gasteiger partial charge in [-0.05, 0) is 26.0 Å². The number of nitrogens with two attached hydrogens (primary N) is 1. The molecule has 0 saturated carbocycles. The third kappa shape index (κ3) is 2.60. The van der Waals surface area contributed by atoms with Crippen molar-refractivity contribution < 1.29 is 9.47 Å². The van der Waals surface area contributed by atoms with Crippen LogP contribution in [0.4, 0.5) is 5.69 Å². The lowest BCUT2D eigenvalue weighted by molar-refractivity contribution is 0.0531. The molecule has 4 nitrogen and oxygen atoms in total. The zero-order chi connectivity index (χ0) is 13.1. The number of hydrogen-bond acceptors (Lipinski definition) is 4. The Bertz CT molecular complexity index is 407. The van der Waals surface area contributed by atoms with E-state index in [9.17, 15) is 0 Å². The van der Waals surface area contributed by atoms with Gasteiger partial charge in [0.2, 0.25) is 0 Å². The maximum Gasteiger partial charge on any atom is 0.125 e. The van der Waals surface area contributed by atoms with Crippen molar-refractivity contribution in [2.75, 3.05) is 31.7 Å². The average Bonchev–Trinajstić information content (AvgIpc) is 2.37. The summed E-state index contributed by atoms with van der Waals surface area (Å²) < 4.78 is 11.0. The highest BCUT2D eigenvalue weighted by Gasteiger charge is 2.22. The van der Waals surface area contributed by atoms with Crippen LogP contribution in [0, 0.1) is 0 Å². The Labute approximate surface area is 109 Å². The largest absolute Gasteiger partial charge is 0.496 e. The molecule has 2 atom stereocenters. The second-order valence-corrected chi connectivity index (χ2v) is 4.81. The molecule has 1 aliphatic rings. The SMILES string of the molecule is COc1cccc(N2CCOC(C)C2)c1[C@@H](C)N. The van der Waals surface area contributed by atoms with Crippen LogP contribution in [0.1, 0.15) is 25.5 Å². The third-order valence-corrected chi connectivity index (χ3v) is 3.30. The summed E-state index contributed by atoms with van der Waals surface area (Å²) in [6.45, 7) is 6.64. The van der Waals surface area contributed by atoms with Crippen LogP contribution in [0.3, 0.4) is 0 Å². The number of benzene rings is 1. The molecule has 1 unspecified atom stereocenters. The zero-order valence-corrected chi connectivity index (χ0v) is 11.3. The van der Waals surface area contributed by atoms with E-state index in [0.717, 1.165) is 31.0 Å². The Morgan fingerprint density at radius 2 is 2.28 bits per heavy atom. The molecule has 1 fully saturated rings. The molecule has 1 aromatic rings. The summed E-state index contributed by atoms with van der Waals surface area (Å²) in [5, 5.41) is 0. The molecular formula is C14H22N2O2. The van der Waals surface area contributed by atoms with Crippen molar-refractivity contribution >= 4 is 5.69 Å². The minimum absolute atomic E-state index is 0.0469. The maximum atomic E-state index is 6.09. The van der Waals surface area contributed by atoms with E-state index in [0.29, 0.717) is 0 Å². The summed E-state index contributed by atoms with van der Waals surface area (Å²) in [5.74, 6) is 0.863. The summed E-state index contributed by atoms with van der Waals surface area (Å²) in [4.78, 5) is 2.33. The highest BCUT2D eigenvalue weighted by atomic mass is 16.5. The lowest BCUT2D eigenvalue weighted by Gasteiger charge is -2.35. The molecule has 100 valence electrons. The van der Waals surface area contributed by atoms with Crippen molar-refractivity contribution in [1.29, 1.82) is 0 Å². The Hall–Kier alpha value is -1.26. The van der Waals surface area contributed by atoms with Gasteiger partial charge in [-0.3, -0.25) is 0 Å². The summed E-state index contributed by atoms with van der Waals surface area (Å²) in [6.07, 6.45) is 0.255. The molecule has 0 aliphatic carbocycles. The predicted octanol–water partition coefficient (Wildman–Crippen LogP) is 1.94. The predicted molar refractivity (Wildman–Crippen MR) is 73.2 cm³/mol. The van der Waals surface area contributed by atoms with E-state index in [2.05, 4.69) is 17.9 Å². The van der Waals surface area contributed by atoms with Gasteiger partial charge in [-0.25, -0.2) is 0 Å². The fourth-order valence-electron chi connectivity index (χ4n) is 2.48.